The third kappa shape index (κ3) is 3.94. The van der Waals surface area contributed by atoms with Gasteiger partial charge < -0.3 is 4.74 Å². The Hall–Kier alpha value is -0.700. The van der Waals surface area contributed by atoms with E-state index in [1.54, 1.807) is 13.2 Å². The van der Waals surface area contributed by atoms with Crippen LogP contribution in [0.4, 0.5) is 0 Å². The van der Waals surface area contributed by atoms with Crippen LogP contribution in [-0.4, -0.2) is 7.11 Å². The van der Waals surface area contributed by atoms with Crippen LogP contribution in [0.3, 0.4) is 0 Å². The van der Waals surface area contributed by atoms with Gasteiger partial charge in [0.1, 0.15) is 5.75 Å². The van der Waals surface area contributed by atoms with Crippen molar-refractivity contribution >= 4 is 39.1 Å². The topological polar surface area (TPSA) is 9.23 Å². The lowest BCUT2D eigenvalue weighted by Crippen LogP contribution is -1.98. The number of methoxy groups -OCH3 is 1. The molecule has 0 radical (unpaired) electrons. The average molecular weight is 388 g/mol. The number of alkyl halides is 1. The van der Waals surface area contributed by atoms with Gasteiger partial charge in [-0.1, -0.05) is 57.3 Å². The molecule has 0 saturated heterocycles. The first-order chi connectivity index (χ1) is 9.92. The van der Waals surface area contributed by atoms with E-state index in [0.717, 1.165) is 12.0 Å². The Morgan fingerprint density at radius 2 is 1.76 bits per heavy atom. The number of aryl methyl sites for hydroxylation is 2. The van der Waals surface area contributed by atoms with Gasteiger partial charge in [-0.15, -0.1) is 0 Å². The molecule has 0 aliphatic rings. The summed E-state index contributed by atoms with van der Waals surface area (Å²) in [4.78, 5) is 0.107. The summed E-state index contributed by atoms with van der Waals surface area (Å²) in [5, 5.41) is 1.23. The highest BCUT2D eigenvalue weighted by atomic mass is 79.9. The fraction of sp³-hybridized carbons (Fsp3) is 0.294. The summed E-state index contributed by atoms with van der Waals surface area (Å²) < 4.78 is 5.18. The first kappa shape index (κ1) is 16.7. The van der Waals surface area contributed by atoms with Crippen LogP contribution in [0.1, 0.15) is 27.1 Å². The van der Waals surface area contributed by atoms with Gasteiger partial charge in [0, 0.05) is 15.9 Å². The second-order valence-corrected chi connectivity index (χ2v) is 7.02. The van der Waals surface area contributed by atoms with Crippen LogP contribution in [0.25, 0.3) is 0 Å². The van der Waals surface area contributed by atoms with E-state index in [2.05, 4.69) is 48.0 Å². The molecule has 112 valence electrons. The van der Waals surface area contributed by atoms with Crippen molar-refractivity contribution in [2.24, 2.45) is 0 Å². The van der Waals surface area contributed by atoms with Gasteiger partial charge in [0.05, 0.1) is 12.1 Å². The Morgan fingerprint density at radius 3 is 2.38 bits per heavy atom. The van der Waals surface area contributed by atoms with Crippen molar-refractivity contribution in [3.63, 3.8) is 0 Å². The van der Waals surface area contributed by atoms with Crippen LogP contribution in [0, 0.1) is 13.8 Å². The molecule has 0 N–H and O–H groups in total. The monoisotopic (exact) mass is 386 g/mol. The molecule has 0 fully saturated rings. The maximum Gasteiger partial charge on any atom is 0.138 e. The van der Waals surface area contributed by atoms with Crippen molar-refractivity contribution < 1.29 is 4.74 Å². The summed E-state index contributed by atoms with van der Waals surface area (Å²) in [6.45, 7) is 4.24. The lowest BCUT2D eigenvalue weighted by atomic mass is 10.0. The highest BCUT2D eigenvalue weighted by Gasteiger charge is 2.16. The lowest BCUT2D eigenvalue weighted by molar-refractivity contribution is 0.415. The molecule has 2 rings (SSSR count). The largest absolute Gasteiger partial charge is 0.495 e. The zero-order valence-corrected chi connectivity index (χ0v) is 15.3. The summed E-state index contributed by atoms with van der Waals surface area (Å²) >= 11 is 16.2. The summed E-state index contributed by atoms with van der Waals surface area (Å²) in [7, 11) is 1.58. The van der Waals surface area contributed by atoms with Gasteiger partial charge in [0.25, 0.3) is 0 Å². The molecule has 2 aromatic rings. The number of rotatable bonds is 4. The zero-order chi connectivity index (χ0) is 15.6. The van der Waals surface area contributed by atoms with E-state index in [1.807, 2.05) is 6.07 Å². The standard InChI is InChI=1S/C17H17BrCl2O/c1-10-4-5-12(6-11(10)2)7-14(18)13-8-16(20)17(21-3)9-15(13)19/h4-6,8-9,14H,7H2,1-3H3. The van der Waals surface area contributed by atoms with Gasteiger partial charge in [0.15, 0.2) is 0 Å². The highest BCUT2D eigenvalue weighted by molar-refractivity contribution is 9.09. The molecule has 2 aromatic carbocycles. The van der Waals surface area contributed by atoms with E-state index in [0.29, 0.717) is 15.8 Å². The van der Waals surface area contributed by atoms with Crippen LogP contribution in [-0.2, 0) is 6.42 Å². The maximum absolute atomic E-state index is 6.33. The summed E-state index contributed by atoms with van der Waals surface area (Å²) in [5.41, 5.74) is 4.84. The van der Waals surface area contributed by atoms with Crippen LogP contribution in [0.2, 0.25) is 10.0 Å². The third-order valence-corrected chi connectivity index (χ3v) is 5.03. The second-order valence-electron chi connectivity index (χ2n) is 5.10. The number of halogens is 3. The van der Waals surface area contributed by atoms with Crippen molar-refractivity contribution in [3.05, 3.63) is 62.6 Å². The van der Waals surface area contributed by atoms with Crippen LogP contribution in [0.15, 0.2) is 30.3 Å². The van der Waals surface area contributed by atoms with Crippen LogP contribution in [0.5, 0.6) is 5.75 Å². The molecular formula is C17H17BrCl2O. The van der Waals surface area contributed by atoms with Gasteiger partial charge in [-0.05, 0) is 48.6 Å². The molecule has 0 spiro atoms. The SMILES string of the molecule is COc1cc(Cl)c(C(Br)Cc2ccc(C)c(C)c2)cc1Cl. The van der Waals surface area contributed by atoms with E-state index < -0.39 is 0 Å². The predicted octanol–water partition coefficient (Wildman–Crippen LogP) is 6.30. The minimum absolute atomic E-state index is 0.107. The van der Waals surface area contributed by atoms with E-state index in [1.165, 1.54) is 16.7 Å². The van der Waals surface area contributed by atoms with Crippen molar-refractivity contribution in [2.75, 3.05) is 7.11 Å². The number of benzene rings is 2. The maximum atomic E-state index is 6.33. The van der Waals surface area contributed by atoms with Crippen LogP contribution >= 0.6 is 39.1 Å². The number of hydrogen-bond donors (Lipinski definition) is 0. The Balaban J connectivity index is 2.25. The average Bonchev–Trinajstić information content (AvgIpc) is 2.44. The Bertz CT molecular complexity index is 655. The molecule has 21 heavy (non-hydrogen) atoms. The molecule has 0 aliphatic heterocycles. The summed E-state index contributed by atoms with van der Waals surface area (Å²) in [6, 6.07) is 10.1. The quantitative estimate of drug-likeness (QED) is 0.559. The van der Waals surface area contributed by atoms with Crippen molar-refractivity contribution in [1.29, 1.82) is 0 Å². The van der Waals surface area contributed by atoms with E-state index in [4.69, 9.17) is 27.9 Å². The van der Waals surface area contributed by atoms with Gasteiger partial charge in [-0.25, -0.2) is 0 Å². The summed E-state index contributed by atoms with van der Waals surface area (Å²) in [6.07, 6.45) is 0.851. The summed E-state index contributed by atoms with van der Waals surface area (Å²) in [5.74, 6) is 0.594. The van der Waals surface area contributed by atoms with Gasteiger partial charge in [-0.3, -0.25) is 0 Å². The minimum Gasteiger partial charge on any atom is -0.495 e. The highest BCUT2D eigenvalue weighted by Crippen LogP contribution is 2.38. The molecule has 1 unspecified atom stereocenters. The number of ether oxygens (including phenoxy) is 1. The zero-order valence-electron chi connectivity index (χ0n) is 12.2. The molecule has 4 heteroatoms. The third-order valence-electron chi connectivity index (χ3n) is 3.59. The second kappa shape index (κ2) is 7.04. The normalized spacial score (nSPS) is 12.3. The van der Waals surface area contributed by atoms with Crippen molar-refractivity contribution in [3.8, 4) is 5.75 Å². The fourth-order valence-electron chi connectivity index (χ4n) is 2.19. The van der Waals surface area contributed by atoms with Gasteiger partial charge >= 0.3 is 0 Å². The fourth-order valence-corrected chi connectivity index (χ4v) is 3.61. The molecule has 0 heterocycles. The molecule has 0 amide bonds. The smallest absolute Gasteiger partial charge is 0.138 e. The van der Waals surface area contributed by atoms with Gasteiger partial charge in [0.2, 0.25) is 0 Å². The van der Waals surface area contributed by atoms with Crippen LogP contribution < -0.4 is 4.74 Å². The molecule has 0 saturated carbocycles. The minimum atomic E-state index is 0.107. The van der Waals surface area contributed by atoms with E-state index in [-0.39, 0.29) is 4.83 Å². The van der Waals surface area contributed by atoms with Gasteiger partial charge in [-0.2, -0.15) is 0 Å². The predicted molar refractivity (Wildman–Crippen MR) is 94.3 cm³/mol. The lowest BCUT2D eigenvalue weighted by Gasteiger charge is -2.15. The molecule has 1 nitrogen and oxygen atoms in total. The molecule has 1 atom stereocenters. The molecule has 0 aliphatic carbocycles. The molecule has 0 bridgehead atoms. The molecular weight excluding hydrogens is 371 g/mol. The van der Waals surface area contributed by atoms with E-state index >= 15 is 0 Å². The Morgan fingerprint density at radius 1 is 1.05 bits per heavy atom. The Labute approximate surface area is 144 Å². The molecule has 0 aromatic heterocycles. The first-order valence-corrected chi connectivity index (χ1v) is 8.32. The van der Waals surface area contributed by atoms with Crippen molar-refractivity contribution in [1.82, 2.24) is 0 Å². The Kier molecular flexibility index (Phi) is 5.59. The number of hydrogen-bond acceptors (Lipinski definition) is 1. The van der Waals surface area contributed by atoms with E-state index in [9.17, 15) is 0 Å². The van der Waals surface area contributed by atoms with Crippen molar-refractivity contribution in [2.45, 2.75) is 25.1 Å². The first-order valence-electron chi connectivity index (χ1n) is 6.65.